The first-order valence-electron chi connectivity index (χ1n) is 14.8. The minimum absolute atomic E-state index is 0.0575. The van der Waals surface area contributed by atoms with Gasteiger partial charge in [0.05, 0.1) is 36.5 Å². The van der Waals surface area contributed by atoms with E-state index in [1.54, 1.807) is 6.20 Å². The van der Waals surface area contributed by atoms with E-state index in [0.29, 0.717) is 0 Å². The van der Waals surface area contributed by atoms with E-state index >= 15 is 0 Å². The van der Waals surface area contributed by atoms with Gasteiger partial charge in [-0.1, -0.05) is 24.6 Å². The first-order valence-corrected chi connectivity index (χ1v) is 14.8. The maximum atomic E-state index is 13.9. The number of fused-ring (bicyclic) bond motifs is 1. The summed E-state index contributed by atoms with van der Waals surface area (Å²) >= 11 is 0. The normalized spacial score (nSPS) is 17.7. The Morgan fingerprint density at radius 2 is 1.88 bits per heavy atom. The summed E-state index contributed by atoms with van der Waals surface area (Å²) in [6.07, 6.45) is 12.0. The number of nitrogens with zero attached hydrogens (tertiary/aromatic N) is 3. The largest absolute Gasteiger partial charge is 0.384 e. The van der Waals surface area contributed by atoms with Gasteiger partial charge in [0, 0.05) is 49.7 Å². The maximum absolute atomic E-state index is 13.9. The fourth-order valence-electron chi connectivity index (χ4n) is 5.70. The van der Waals surface area contributed by atoms with Crippen LogP contribution in [0.2, 0.25) is 0 Å². The van der Waals surface area contributed by atoms with Crippen molar-refractivity contribution in [3.63, 3.8) is 0 Å². The van der Waals surface area contributed by atoms with Crippen LogP contribution in [0.3, 0.4) is 0 Å². The Labute approximate surface area is 237 Å². The molecule has 2 aliphatic carbocycles. The molecule has 0 unspecified atom stereocenters. The Balaban J connectivity index is 1.23. The van der Waals surface area contributed by atoms with Crippen LogP contribution in [0.4, 0.5) is 11.4 Å². The summed E-state index contributed by atoms with van der Waals surface area (Å²) in [5.41, 5.74) is 9.20. The summed E-state index contributed by atoms with van der Waals surface area (Å²) in [4.78, 5) is 25.4. The molecular weight excluding hydrogens is 498 g/mol. The molecule has 2 aromatic heterocycles. The quantitative estimate of drug-likeness (QED) is 0.352. The molecule has 1 aromatic carbocycles. The van der Waals surface area contributed by atoms with Crippen LogP contribution in [-0.4, -0.2) is 53.6 Å². The molecule has 2 N–H and O–H groups in total. The molecule has 0 bridgehead atoms. The number of nitrogens with one attached hydrogen (secondary N) is 2. The molecule has 7 heteroatoms. The van der Waals surface area contributed by atoms with Gasteiger partial charge in [-0.3, -0.25) is 19.7 Å². The van der Waals surface area contributed by atoms with Crippen molar-refractivity contribution in [1.82, 2.24) is 14.9 Å². The summed E-state index contributed by atoms with van der Waals surface area (Å²) < 4.78 is 5.45. The Hall–Kier alpha value is -3.55. The smallest absolute Gasteiger partial charge is 0.256 e. The zero-order chi connectivity index (χ0) is 27.3. The fraction of sp³-hybridized carbons (Fsp3) is 0.424. The highest BCUT2D eigenvalue weighted by molar-refractivity contribution is 6.26. The van der Waals surface area contributed by atoms with Gasteiger partial charge in [0.15, 0.2) is 0 Å². The van der Waals surface area contributed by atoms with Crippen LogP contribution in [0.25, 0.3) is 16.7 Å². The number of aryl methyl sites for hydroxylation is 1. The highest BCUT2D eigenvalue weighted by Gasteiger charge is 2.24. The Morgan fingerprint density at radius 1 is 1.00 bits per heavy atom. The van der Waals surface area contributed by atoms with Crippen molar-refractivity contribution < 1.29 is 9.53 Å². The van der Waals surface area contributed by atoms with Crippen LogP contribution < -0.4 is 10.6 Å². The van der Waals surface area contributed by atoms with E-state index in [1.807, 2.05) is 24.5 Å². The van der Waals surface area contributed by atoms with Gasteiger partial charge in [0.2, 0.25) is 0 Å². The lowest BCUT2D eigenvalue weighted by molar-refractivity contribution is -0.111. The molecule has 2 fully saturated rings. The van der Waals surface area contributed by atoms with Gasteiger partial charge in [-0.15, -0.1) is 0 Å². The summed E-state index contributed by atoms with van der Waals surface area (Å²) in [5, 5.41) is 6.70. The standard InChI is InChI=1S/C33H39N5O2/c1-2-24-4-3-5-25-8-9-26(27-16-30(20-34-19-27)35-18-23-6-7-23)17-31(25)32(24)33(39)37-28-10-11-29(36-21-28)22-38-12-14-40-15-13-38/h8-11,16-17,19-21,23,35H,2-7,12-15,18,22H2,1H3,(H,37,39). The van der Waals surface area contributed by atoms with Crippen molar-refractivity contribution in [3.05, 3.63) is 77.4 Å². The van der Waals surface area contributed by atoms with Gasteiger partial charge in [-0.25, -0.2) is 0 Å². The van der Waals surface area contributed by atoms with Crippen molar-refractivity contribution in [3.8, 4) is 11.1 Å². The molecule has 7 nitrogen and oxygen atoms in total. The highest BCUT2D eigenvalue weighted by atomic mass is 16.5. The molecule has 1 aliphatic heterocycles. The SMILES string of the molecule is CCC1=C(C(=O)Nc2ccc(CN3CCOCC3)nc2)c2cc(-c3cncc(NCC4CC4)c3)ccc2CCC1. The van der Waals surface area contributed by atoms with Gasteiger partial charge < -0.3 is 15.4 Å². The molecule has 3 aliphatic rings. The molecule has 1 saturated heterocycles. The van der Waals surface area contributed by atoms with Gasteiger partial charge in [-0.2, -0.15) is 0 Å². The first-order chi connectivity index (χ1) is 19.7. The third-order valence-corrected chi connectivity index (χ3v) is 8.25. The number of benzene rings is 1. The van der Waals surface area contributed by atoms with E-state index in [-0.39, 0.29) is 5.91 Å². The van der Waals surface area contributed by atoms with Crippen LogP contribution in [0.15, 0.2) is 60.6 Å². The summed E-state index contributed by atoms with van der Waals surface area (Å²) in [6, 6.07) is 12.7. The molecule has 40 heavy (non-hydrogen) atoms. The van der Waals surface area contributed by atoms with Gasteiger partial charge >= 0.3 is 0 Å². The lowest BCUT2D eigenvalue weighted by Crippen LogP contribution is -2.35. The number of amides is 1. The predicted octanol–water partition coefficient (Wildman–Crippen LogP) is 5.94. The number of aromatic nitrogens is 2. The van der Waals surface area contributed by atoms with E-state index in [0.717, 1.165) is 110 Å². The molecule has 0 spiro atoms. The summed E-state index contributed by atoms with van der Waals surface area (Å²) in [5.74, 6) is 0.740. The number of carbonyl (C=O) groups excluding carboxylic acids is 1. The highest BCUT2D eigenvalue weighted by Crippen LogP contribution is 2.36. The van der Waals surface area contributed by atoms with E-state index < -0.39 is 0 Å². The molecular formula is C33H39N5O2. The van der Waals surface area contributed by atoms with E-state index in [2.05, 4.69) is 56.7 Å². The minimum Gasteiger partial charge on any atom is -0.384 e. The zero-order valence-electron chi connectivity index (χ0n) is 23.4. The van der Waals surface area contributed by atoms with E-state index in [4.69, 9.17) is 4.74 Å². The molecule has 0 atom stereocenters. The molecule has 6 rings (SSSR count). The number of morpholine rings is 1. The number of hydrogen-bond donors (Lipinski definition) is 2. The van der Waals surface area contributed by atoms with Gasteiger partial charge in [0.25, 0.3) is 5.91 Å². The number of carbonyl (C=O) groups is 1. The van der Waals surface area contributed by atoms with Crippen molar-refractivity contribution in [2.24, 2.45) is 5.92 Å². The molecule has 3 aromatic rings. The number of anilines is 2. The Bertz CT molecular complexity index is 1370. The Morgan fingerprint density at radius 3 is 2.65 bits per heavy atom. The third kappa shape index (κ3) is 6.43. The third-order valence-electron chi connectivity index (χ3n) is 8.25. The maximum Gasteiger partial charge on any atom is 0.256 e. The summed E-state index contributed by atoms with van der Waals surface area (Å²) in [7, 11) is 0. The predicted molar refractivity (Wildman–Crippen MR) is 160 cm³/mol. The molecule has 0 radical (unpaired) electrons. The molecule has 1 amide bonds. The summed E-state index contributed by atoms with van der Waals surface area (Å²) in [6.45, 7) is 7.34. The zero-order valence-corrected chi connectivity index (χ0v) is 23.4. The lowest BCUT2D eigenvalue weighted by atomic mass is 9.91. The van der Waals surface area contributed by atoms with E-state index in [9.17, 15) is 4.79 Å². The topological polar surface area (TPSA) is 79.4 Å². The van der Waals surface area contributed by atoms with Crippen molar-refractivity contribution in [1.29, 1.82) is 0 Å². The van der Waals surface area contributed by atoms with E-state index in [1.165, 1.54) is 24.0 Å². The fourth-order valence-corrected chi connectivity index (χ4v) is 5.70. The number of hydrogen-bond acceptors (Lipinski definition) is 6. The number of rotatable bonds is 9. The van der Waals surface area contributed by atoms with Crippen molar-refractivity contribution in [2.45, 2.75) is 52.0 Å². The van der Waals surface area contributed by atoms with Gasteiger partial charge in [0.1, 0.15) is 0 Å². The molecule has 208 valence electrons. The van der Waals surface area contributed by atoms with Crippen LogP contribution >= 0.6 is 0 Å². The number of ether oxygens (including phenoxy) is 1. The monoisotopic (exact) mass is 537 g/mol. The van der Waals surface area contributed by atoms with Crippen molar-refractivity contribution in [2.75, 3.05) is 43.5 Å². The molecule has 3 heterocycles. The first kappa shape index (κ1) is 26.7. The number of pyridine rings is 2. The lowest BCUT2D eigenvalue weighted by Gasteiger charge is -2.26. The second kappa shape index (κ2) is 12.3. The average molecular weight is 538 g/mol. The average Bonchev–Trinajstić information content (AvgIpc) is 3.84. The minimum atomic E-state index is -0.0575. The van der Waals surface area contributed by atoms with Crippen LogP contribution in [0, 0.1) is 5.92 Å². The van der Waals surface area contributed by atoms with Crippen LogP contribution in [0.5, 0.6) is 0 Å². The second-order valence-electron chi connectivity index (χ2n) is 11.2. The Kier molecular flexibility index (Phi) is 8.21. The van der Waals surface area contributed by atoms with Crippen LogP contribution in [0.1, 0.15) is 55.8 Å². The van der Waals surface area contributed by atoms with Gasteiger partial charge in [-0.05, 0) is 85.4 Å². The number of allylic oxidation sites excluding steroid dienone is 1. The van der Waals surface area contributed by atoms with Crippen molar-refractivity contribution >= 4 is 22.9 Å². The van der Waals surface area contributed by atoms with Crippen LogP contribution in [-0.2, 0) is 22.5 Å². The second-order valence-corrected chi connectivity index (χ2v) is 11.2. The molecule has 1 saturated carbocycles.